The molecule has 0 fully saturated rings. The van der Waals surface area contributed by atoms with E-state index in [2.05, 4.69) is 20.5 Å². The number of benzene rings is 2. The molecule has 140 valence electrons. The van der Waals surface area contributed by atoms with Gasteiger partial charge in [-0.15, -0.1) is 10.2 Å². The van der Waals surface area contributed by atoms with Crippen LogP contribution in [0.5, 0.6) is 0 Å². The number of rotatable bonds is 6. The summed E-state index contributed by atoms with van der Waals surface area (Å²) in [6, 6.07) is 17.8. The average Bonchev–Trinajstić information content (AvgIpc) is 3.37. The van der Waals surface area contributed by atoms with Gasteiger partial charge in [0.2, 0.25) is 11.0 Å². The summed E-state index contributed by atoms with van der Waals surface area (Å²) in [7, 11) is 0. The lowest BCUT2D eigenvalue weighted by molar-refractivity contribution is -0.116. The quantitative estimate of drug-likeness (QED) is 0.514. The second kappa shape index (κ2) is 8.14. The van der Waals surface area contributed by atoms with Gasteiger partial charge in [-0.25, -0.2) is 4.98 Å². The van der Waals surface area contributed by atoms with Crippen LogP contribution in [0, 0.1) is 6.92 Å². The third-order valence-electron chi connectivity index (χ3n) is 4.15. The number of carbonyl (C=O) groups excluding carboxylic acids is 1. The van der Waals surface area contributed by atoms with Gasteiger partial charge in [0.1, 0.15) is 5.01 Å². The topological polar surface area (TPSA) is 80.9 Å². The first-order valence-electron chi connectivity index (χ1n) is 8.88. The van der Waals surface area contributed by atoms with Crippen molar-refractivity contribution in [3.63, 3.8) is 0 Å². The van der Waals surface area contributed by atoms with E-state index in [-0.39, 0.29) is 12.3 Å². The van der Waals surface area contributed by atoms with Gasteiger partial charge in [0, 0.05) is 24.0 Å². The van der Waals surface area contributed by atoms with Crippen molar-refractivity contribution < 1.29 is 9.21 Å². The Morgan fingerprint density at radius 1 is 1.04 bits per heavy atom. The highest BCUT2D eigenvalue weighted by atomic mass is 32.1. The number of nitrogens with one attached hydrogen (secondary N) is 1. The fraction of sp³-hybridized carbons (Fsp3) is 0.143. The van der Waals surface area contributed by atoms with E-state index in [0.717, 1.165) is 16.1 Å². The Labute approximate surface area is 166 Å². The molecule has 0 aliphatic rings. The number of hydrogen-bond acceptors (Lipinski definition) is 6. The third-order valence-corrected chi connectivity index (χ3v) is 5.04. The lowest BCUT2D eigenvalue weighted by atomic mass is 10.1. The number of anilines is 1. The van der Waals surface area contributed by atoms with E-state index in [1.165, 1.54) is 16.9 Å². The van der Waals surface area contributed by atoms with Crippen LogP contribution in [0.15, 0.2) is 65.2 Å². The molecule has 2 aromatic heterocycles. The Morgan fingerprint density at radius 2 is 1.82 bits per heavy atom. The van der Waals surface area contributed by atoms with E-state index in [1.54, 1.807) is 6.20 Å². The zero-order valence-electron chi connectivity index (χ0n) is 15.3. The molecule has 1 amide bonds. The Hall–Kier alpha value is -3.32. The van der Waals surface area contributed by atoms with E-state index in [4.69, 9.17) is 4.42 Å². The lowest BCUT2D eigenvalue weighted by Gasteiger charge is -1.99. The van der Waals surface area contributed by atoms with Gasteiger partial charge < -0.3 is 9.73 Å². The maximum Gasteiger partial charge on any atom is 0.226 e. The van der Waals surface area contributed by atoms with E-state index < -0.39 is 0 Å². The van der Waals surface area contributed by atoms with Gasteiger partial charge in [-0.05, 0) is 6.92 Å². The summed E-state index contributed by atoms with van der Waals surface area (Å²) >= 11 is 1.35. The summed E-state index contributed by atoms with van der Waals surface area (Å²) in [6.45, 7) is 2.04. The number of nitrogens with zero attached hydrogens (tertiary/aromatic N) is 3. The number of carbonyl (C=O) groups is 1. The number of hydrogen-bond donors (Lipinski definition) is 1. The molecule has 7 heteroatoms. The highest BCUT2D eigenvalue weighted by Gasteiger charge is 2.12. The van der Waals surface area contributed by atoms with E-state index >= 15 is 0 Å². The maximum atomic E-state index is 12.2. The fourth-order valence-corrected chi connectivity index (χ4v) is 3.42. The molecular weight excluding hydrogens is 372 g/mol. The summed E-state index contributed by atoms with van der Waals surface area (Å²) in [5.41, 5.74) is 3.13. The van der Waals surface area contributed by atoms with Crippen molar-refractivity contribution in [1.29, 1.82) is 0 Å². The average molecular weight is 390 g/mol. The third kappa shape index (κ3) is 4.32. The molecule has 0 saturated carbocycles. The normalized spacial score (nSPS) is 10.8. The lowest BCUT2D eigenvalue weighted by Crippen LogP contribution is -2.12. The highest BCUT2D eigenvalue weighted by molar-refractivity contribution is 7.18. The maximum absolute atomic E-state index is 12.2. The smallest absolute Gasteiger partial charge is 0.226 e. The van der Waals surface area contributed by atoms with Crippen LogP contribution in [-0.2, 0) is 11.2 Å². The molecule has 1 N–H and O–H groups in total. The van der Waals surface area contributed by atoms with Crippen LogP contribution >= 0.6 is 11.3 Å². The van der Waals surface area contributed by atoms with Crippen LogP contribution in [0.4, 0.5) is 5.13 Å². The molecule has 0 atom stereocenters. The number of aromatic nitrogens is 3. The molecule has 0 unspecified atom stereocenters. The summed E-state index contributed by atoms with van der Waals surface area (Å²) in [5, 5.41) is 12.2. The summed E-state index contributed by atoms with van der Waals surface area (Å²) in [5.74, 6) is 1.09. The van der Waals surface area contributed by atoms with Crippen LogP contribution in [0.2, 0.25) is 0 Å². The molecule has 0 aliphatic carbocycles. The SMILES string of the molecule is Cc1ccc(-c2cnc(CCC(=O)Nc3nnc(-c4ccccc4)s3)o2)cc1. The number of aryl methyl sites for hydroxylation is 2. The monoisotopic (exact) mass is 390 g/mol. The van der Waals surface area contributed by atoms with Gasteiger partial charge in [-0.2, -0.15) is 0 Å². The molecule has 0 radical (unpaired) electrons. The minimum absolute atomic E-state index is 0.147. The fourth-order valence-electron chi connectivity index (χ4n) is 2.65. The van der Waals surface area contributed by atoms with Gasteiger partial charge in [-0.1, -0.05) is 71.5 Å². The zero-order chi connectivity index (χ0) is 19.3. The minimum atomic E-state index is -0.147. The molecule has 28 heavy (non-hydrogen) atoms. The van der Waals surface area contributed by atoms with Crippen LogP contribution < -0.4 is 5.32 Å². The Balaban J connectivity index is 1.33. The van der Waals surface area contributed by atoms with Crippen molar-refractivity contribution in [3.8, 4) is 21.9 Å². The second-order valence-corrected chi connectivity index (χ2v) is 7.29. The highest BCUT2D eigenvalue weighted by Crippen LogP contribution is 2.26. The van der Waals surface area contributed by atoms with Gasteiger partial charge in [0.25, 0.3) is 0 Å². The predicted molar refractivity (Wildman–Crippen MR) is 109 cm³/mol. The van der Waals surface area contributed by atoms with E-state index in [1.807, 2.05) is 61.5 Å². The van der Waals surface area contributed by atoms with Crippen molar-refractivity contribution in [2.75, 3.05) is 5.32 Å². The summed E-state index contributed by atoms with van der Waals surface area (Å²) < 4.78 is 5.76. The molecule has 0 bridgehead atoms. The summed E-state index contributed by atoms with van der Waals surface area (Å²) in [4.78, 5) is 16.5. The van der Waals surface area contributed by atoms with Gasteiger partial charge in [0.05, 0.1) is 6.20 Å². The minimum Gasteiger partial charge on any atom is -0.441 e. The second-order valence-electron chi connectivity index (χ2n) is 6.31. The first-order chi connectivity index (χ1) is 13.7. The van der Waals surface area contributed by atoms with Crippen LogP contribution in [0.25, 0.3) is 21.9 Å². The Kier molecular flexibility index (Phi) is 5.25. The Morgan fingerprint density at radius 3 is 2.61 bits per heavy atom. The van der Waals surface area contributed by atoms with Crippen LogP contribution in [0.1, 0.15) is 17.9 Å². The molecular formula is C21H18N4O2S. The van der Waals surface area contributed by atoms with Crippen LogP contribution in [-0.4, -0.2) is 21.1 Å². The predicted octanol–water partition coefficient (Wildman–Crippen LogP) is 4.74. The summed E-state index contributed by atoms with van der Waals surface area (Å²) in [6.07, 6.45) is 2.37. The van der Waals surface area contributed by atoms with Gasteiger partial charge in [-0.3, -0.25) is 4.79 Å². The molecule has 2 aromatic carbocycles. The molecule has 4 rings (SSSR count). The van der Waals surface area contributed by atoms with Gasteiger partial charge >= 0.3 is 0 Å². The molecule has 2 heterocycles. The van der Waals surface area contributed by atoms with E-state index in [9.17, 15) is 4.79 Å². The Bertz CT molecular complexity index is 1070. The standard InChI is InChI=1S/C21H18N4O2S/c1-14-7-9-15(10-8-14)17-13-22-19(27-17)12-11-18(26)23-21-25-24-20(28-21)16-5-3-2-4-6-16/h2-10,13H,11-12H2,1H3,(H,23,25,26). The first kappa shape index (κ1) is 18.1. The van der Waals surface area contributed by atoms with Crippen molar-refractivity contribution in [2.24, 2.45) is 0 Å². The van der Waals surface area contributed by atoms with E-state index in [0.29, 0.717) is 23.2 Å². The largest absolute Gasteiger partial charge is 0.441 e. The van der Waals surface area contributed by atoms with Crippen molar-refractivity contribution in [2.45, 2.75) is 19.8 Å². The van der Waals surface area contributed by atoms with Crippen molar-refractivity contribution in [1.82, 2.24) is 15.2 Å². The molecule has 6 nitrogen and oxygen atoms in total. The molecule has 0 spiro atoms. The number of amides is 1. The van der Waals surface area contributed by atoms with Gasteiger partial charge in [0.15, 0.2) is 11.7 Å². The van der Waals surface area contributed by atoms with Crippen molar-refractivity contribution in [3.05, 3.63) is 72.2 Å². The zero-order valence-corrected chi connectivity index (χ0v) is 16.1. The molecule has 0 aliphatic heterocycles. The number of oxazole rings is 1. The molecule has 4 aromatic rings. The van der Waals surface area contributed by atoms with Crippen molar-refractivity contribution >= 4 is 22.4 Å². The molecule has 0 saturated heterocycles. The van der Waals surface area contributed by atoms with Crippen LogP contribution in [0.3, 0.4) is 0 Å². The first-order valence-corrected chi connectivity index (χ1v) is 9.69.